The molecule has 3 aromatic heterocycles. The Morgan fingerprint density at radius 3 is 2.81 bits per heavy atom. The van der Waals surface area contributed by atoms with E-state index < -0.39 is 0 Å². The van der Waals surface area contributed by atoms with Crippen LogP contribution in [0.15, 0.2) is 18.5 Å². The van der Waals surface area contributed by atoms with Crippen LogP contribution in [0.3, 0.4) is 0 Å². The monoisotopic (exact) mass is 303 g/mol. The molecule has 0 radical (unpaired) electrons. The predicted molar refractivity (Wildman–Crippen MR) is 83.3 cm³/mol. The molecule has 0 aliphatic heterocycles. The van der Waals surface area contributed by atoms with Crippen molar-refractivity contribution in [2.45, 2.75) is 32.7 Å². The normalized spacial score (nSPS) is 12.0. The maximum absolute atomic E-state index is 5.62. The third-order valence-electron chi connectivity index (χ3n) is 2.94. The zero-order chi connectivity index (χ0) is 15.0. The Morgan fingerprint density at radius 1 is 1.33 bits per heavy atom. The molecule has 3 aromatic rings. The minimum absolute atomic E-state index is 0.0242. The molecule has 0 aliphatic carbocycles. The Morgan fingerprint density at radius 2 is 2.14 bits per heavy atom. The molecule has 0 aliphatic rings. The minimum Gasteiger partial charge on any atom is -0.384 e. The topological polar surface area (TPSA) is 94.0 Å². The molecule has 3 N–H and O–H groups in total. The van der Waals surface area contributed by atoms with Gasteiger partial charge in [-0.1, -0.05) is 32.1 Å². The SMILES string of the molecule is CC(C)(C)c1cn2nc(NCc3nccc(N)n3)sc2n1. The van der Waals surface area contributed by atoms with Crippen LogP contribution >= 0.6 is 11.3 Å². The number of fused-ring (bicyclic) bond motifs is 1. The number of nitrogens with zero attached hydrogens (tertiary/aromatic N) is 5. The van der Waals surface area contributed by atoms with Gasteiger partial charge >= 0.3 is 0 Å². The van der Waals surface area contributed by atoms with Gasteiger partial charge in [0.2, 0.25) is 10.1 Å². The summed E-state index contributed by atoms with van der Waals surface area (Å²) in [6.07, 6.45) is 3.61. The highest BCUT2D eigenvalue weighted by atomic mass is 32.1. The van der Waals surface area contributed by atoms with E-state index in [2.05, 4.69) is 46.1 Å². The van der Waals surface area contributed by atoms with Crippen molar-refractivity contribution in [1.82, 2.24) is 24.6 Å². The fourth-order valence-electron chi connectivity index (χ4n) is 1.79. The van der Waals surface area contributed by atoms with Gasteiger partial charge in [-0.15, -0.1) is 5.10 Å². The summed E-state index contributed by atoms with van der Waals surface area (Å²) in [6, 6.07) is 1.66. The first-order chi connectivity index (χ1) is 9.91. The molecule has 0 unspecified atom stereocenters. The molecule has 8 heteroatoms. The Balaban J connectivity index is 1.75. The second-order valence-corrected chi connectivity index (χ2v) is 6.72. The van der Waals surface area contributed by atoms with Crippen LogP contribution in [0.25, 0.3) is 4.96 Å². The van der Waals surface area contributed by atoms with Gasteiger partial charge in [0.05, 0.1) is 18.4 Å². The molecule has 7 nitrogen and oxygen atoms in total. The van der Waals surface area contributed by atoms with Crippen LogP contribution in [0, 0.1) is 0 Å². The maximum Gasteiger partial charge on any atom is 0.214 e. The molecule has 3 heterocycles. The lowest BCUT2D eigenvalue weighted by atomic mass is 9.93. The summed E-state index contributed by atoms with van der Waals surface area (Å²) >= 11 is 1.50. The first-order valence-corrected chi connectivity index (χ1v) is 7.41. The van der Waals surface area contributed by atoms with Gasteiger partial charge in [0, 0.05) is 11.6 Å². The molecule has 3 rings (SSSR count). The highest BCUT2D eigenvalue weighted by Crippen LogP contribution is 2.25. The predicted octanol–water partition coefficient (Wildman–Crippen LogP) is 2.07. The molecule has 0 bridgehead atoms. The van der Waals surface area contributed by atoms with Crippen molar-refractivity contribution in [3.63, 3.8) is 0 Å². The lowest BCUT2D eigenvalue weighted by Crippen LogP contribution is -2.11. The van der Waals surface area contributed by atoms with Crippen molar-refractivity contribution in [2.24, 2.45) is 0 Å². The number of anilines is 2. The van der Waals surface area contributed by atoms with Gasteiger partial charge in [-0.05, 0) is 6.07 Å². The van der Waals surface area contributed by atoms with Gasteiger partial charge in [-0.2, -0.15) is 0 Å². The molecule has 0 saturated carbocycles. The van der Waals surface area contributed by atoms with Crippen molar-refractivity contribution in [3.05, 3.63) is 30.0 Å². The fraction of sp³-hybridized carbons (Fsp3) is 0.385. The van der Waals surface area contributed by atoms with Gasteiger partial charge in [0.25, 0.3) is 0 Å². The Labute approximate surface area is 126 Å². The number of aromatic nitrogens is 5. The van der Waals surface area contributed by atoms with Crippen LogP contribution in [0.4, 0.5) is 10.9 Å². The lowest BCUT2D eigenvalue weighted by Gasteiger charge is -2.13. The van der Waals surface area contributed by atoms with Gasteiger partial charge < -0.3 is 11.1 Å². The van der Waals surface area contributed by atoms with Crippen molar-refractivity contribution in [2.75, 3.05) is 11.1 Å². The molecule has 0 atom stereocenters. The van der Waals surface area contributed by atoms with E-state index in [1.165, 1.54) is 11.3 Å². The summed E-state index contributed by atoms with van der Waals surface area (Å²) in [5, 5.41) is 8.43. The first kappa shape index (κ1) is 13.7. The first-order valence-electron chi connectivity index (χ1n) is 6.60. The minimum atomic E-state index is 0.0242. The second-order valence-electron chi connectivity index (χ2n) is 5.76. The third kappa shape index (κ3) is 2.94. The number of hydrogen-bond donors (Lipinski definition) is 2. The lowest BCUT2D eigenvalue weighted by molar-refractivity contribution is 0.572. The van der Waals surface area contributed by atoms with E-state index in [-0.39, 0.29) is 5.41 Å². The number of imidazole rings is 1. The van der Waals surface area contributed by atoms with Crippen molar-refractivity contribution in [3.8, 4) is 0 Å². The van der Waals surface area contributed by atoms with Crippen LogP contribution < -0.4 is 11.1 Å². The van der Waals surface area contributed by atoms with E-state index in [0.29, 0.717) is 18.2 Å². The molecular weight excluding hydrogens is 286 g/mol. The molecular formula is C13H17N7S. The third-order valence-corrected chi connectivity index (χ3v) is 3.82. The average molecular weight is 303 g/mol. The summed E-state index contributed by atoms with van der Waals surface area (Å²) in [6.45, 7) is 6.88. The summed E-state index contributed by atoms with van der Waals surface area (Å²) < 4.78 is 1.80. The van der Waals surface area contributed by atoms with E-state index in [4.69, 9.17) is 5.73 Å². The van der Waals surface area contributed by atoms with E-state index in [9.17, 15) is 0 Å². The average Bonchev–Trinajstić information content (AvgIpc) is 2.93. The van der Waals surface area contributed by atoms with Crippen LogP contribution in [-0.2, 0) is 12.0 Å². The summed E-state index contributed by atoms with van der Waals surface area (Å²) in [4.78, 5) is 13.8. The Hall–Kier alpha value is -2.22. The summed E-state index contributed by atoms with van der Waals surface area (Å²) in [5.41, 5.74) is 6.68. The standard InChI is InChI=1S/C13H17N7S/c1-13(2,3)8-7-20-12(17-8)21-11(19-20)16-6-10-15-5-4-9(14)18-10/h4-5,7H,6H2,1-3H3,(H,16,19)(H2,14,15,18). The highest BCUT2D eigenvalue weighted by molar-refractivity contribution is 7.20. The molecule has 0 saturated heterocycles. The number of nitrogens with two attached hydrogens (primary N) is 1. The van der Waals surface area contributed by atoms with Gasteiger partial charge in [-0.25, -0.2) is 19.5 Å². The van der Waals surface area contributed by atoms with Crippen molar-refractivity contribution >= 4 is 27.2 Å². The second kappa shape index (κ2) is 4.96. The number of hydrogen-bond acceptors (Lipinski definition) is 7. The van der Waals surface area contributed by atoms with Crippen LogP contribution in [0.1, 0.15) is 32.3 Å². The van der Waals surface area contributed by atoms with Crippen molar-refractivity contribution < 1.29 is 0 Å². The summed E-state index contributed by atoms with van der Waals surface area (Å²) in [7, 11) is 0. The van der Waals surface area contributed by atoms with Crippen LogP contribution in [0.2, 0.25) is 0 Å². The zero-order valence-electron chi connectivity index (χ0n) is 12.2. The van der Waals surface area contributed by atoms with Crippen molar-refractivity contribution in [1.29, 1.82) is 0 Å². The quantitative estimate of drug-likeness (QED) is 0.769. The van der Waals surface area contributed by atoms with Gasteiger partial charge in [-0.3, -0.25) is 0 Å². The molecule has 0 fully saturated rings. The maximum atomic E-state index is 5.62. The van der Waals surface area contributed by atoms with Crippen LogP contribution in [0.5, 0.6) is 0 Å². The number of rotatable bonds is 3. The van der Waals surface area contributed by atoms with Gasteiger partial charge in [0.1, 0.15) is 11.6 Å². The Kier molecular flexibility index (Phi) is 3.25. The summed E-state index contributed by atoms with van der Waals surface area (Å²) in [5.74, 6) is 1.10. The number of nitrogen functional groups attached to an aromatic ring is 1. The molecule has 0 aromatic carbocycles. The number of nitrogens with one attached hydrogen (secondary N) is 1. The smallest absolute Gasteiger partial charge is 0.214 e. The van der Waals surface area contributed by atoms with Crippen LogP contribution in [-0.4, -0.2) is 24.6 Å². The Bertz CT molecular complexity index is 737. The van der Waals surface area contributed by atoms with E-state index >= 15 is 0 Å². The van der Waals surface area contributed by atoms with Gasteiger partial charge in [0.15, 0.2) is 0 Å². The van der Waals surface area contributed by atoms with E-state index in [1.807, 2.05) is 6.20 Å². The fourth-order valence-corrected chi connectivity index (χ4v) is 2.56. The zero-order valence-corrected chi connectivity index (χ0v) is 13.0. The van der Waals surface area contributed by atoms with E-state index in [1.54, 1.807) is 16.8 Å². The largest absolute Gasteiger partial charge is 0.384 e. The molecule has 0 spiro atoms. The molecule has 110 valence electrons. The highest BCUT2D eigenvalue weighted by Gasteiger charge is 2.19. The molecule has 0 amide bonds. The van der Waals surface area contributed by atoms with E-state index in [0.717, 1.165) is 15.8 Å². The molecule has 21 heavy (non-hydrogen) atoms.